The highest BCUT2D eigenvalue weighted by Gasteiger charge is 2.14. The molecular weight excluding hydrogens is 222 g/mol. The maximum atomic E-state index is 11.1. The van der Waals surface area contributed by atoms with Crippen molar-refractivity contribution >= 4 is 5.97 Å². The van der Waals surface area contributed by atoms with Crippen LogP contribution in [0.2, 0.25) is 0 Å². The molecule has 0 fully saturated rings. The molecule has 1 rings (SSSR count). The summed E-state index contributed by atoms with van der Waals surface area (Å²) in [5.74, 6) is 0.164. The zero-order valence-electron chi connectivity index (χ0n) is 10.0. The Labute approximate surface area is 100 Å². The van der Waals surface area contributed by atoms with E-state index in [1.165, 1.54) is 7.11 Å². The molecule has 0 aromatic heterocycles. The highest BCUT2D eigenvalue weighted by atomic mass is 16.5. The lowest BCUT2D eigenvalue weighted by Crippen LogP contribution is -2.37. The van der Waals surface area contributed by atoms with Crippen LogP contribution < -0.4 is 10.5 Å². The van der Waals surface area contributed by atoms with E-state index in [1.54, 1.807) is 13.2 Å². The molecule has 0 amide bonds. The van der Waals surface area contributed by atoms with Crippen LogP contribution in [0.3, 0.4) is 0 Å². The summed E-state index contributed by atoms with van der Waals surface area (Å²) >= 11 is 0. The Morgan fingerprint density at radius 3 is 2.82 bits per heavy atom. The van der Waals surface area contributed by atoms with Gasteiger partial charge in [-0.25, -0.2) is 0 Å². The molecule has 0 spiro atoms. The minimum absolute atomic E-state index is 0.0864. The number of esters is 1. The van der Waals surface area contributed by atoms with Crippen LogP contribution in [0.5, 0.6) is 5.75 Å². The predicted octanol–water partition coefficient (Wildman–Crippen LogP) is 0.712. The van der Waals surface area contributed by atoms with Gasteiger partial charge in [0.15, 0.2) is 0 Å². The van der Waals surface area contributed by atoms with E-state index < -0.39 is 12.0 Å². The van der Waals surface area contributed by atoms with Gasteiger partial charge in [0.2, 0.25) is 0 Å². The van der Waals surface area contributed by atoms with E-state index >= 15 is 0 Å². The first-order valence-corrected chi connectivity index (χ1v) is 5.21. The van der Waals surface area contributed by atoms with Gasteiger partial charge in [0.25, 0.3) is 0 Å². The molecule has 94 valence electrons. The van der Waals surface area contributed by atoms with Crippen molar-refractivity contribution < 1.29 is 19.0 Å². The summed E-state index contributed by atoms with van der Waals surface area (Å²) in [6.07, 6.45) is 0. The number of benzene rings is 1. The highest BCUT2D eigenvalue weighted by molar-refractivity contribution is 5.75. The second-order valence-corrected chi connectivity index (χ2v) is 3.52. The van der Waals surface area contributed by atoms with Gasteiger partial charge in [-0.2, -0.15) is 0 Å². The summed E-state index contributed by atoms with van der Waals surface area (Å²) in [6.45, 7) is 0.601. The van der Waals surface area contributed by atoms with Crippen molar-refractivity contribution in [2.75, 3.05) is 20.8 Å². The normalized spacial score (nSPS) is 11.9. The fraction of sp³-hybridized carbons (Fsp3) is 0.417. The van der Waals surface area contributed by atoms with Crippen molar-refractivity contribution in [3.05, 3.63) is 29.8 Å². The number of carbonyl (C=O) groups is 1. The lowest BCUT2D eigenvalue weighted by molar-refractivity contribution is -0.142. The Hall–Kier alpha value is -1.59. The SMILES string of the molecule is COCc1cccc(OCC(N)C(=O)OC)c1. The van der Waals surface area contributed by atoms with Crippen LogP contribution >= 0.6 is 0 Å². The molecule has 1 aromatic rings. The number of hydrogen-bond acceptors (Lipinski definition) is 5. The molecule has 0 aliphatic carbocycles. The topological polar surface area (TPSA) is 70.8 Å². The molecule has 0 saturated carbocycles. The third-order valence-electron chi connectivity index (χ3n) is 2.14. The third-order valence-corrected chi connectivity index (χ3v) is 2.14. The zero-order valence-corrected chi connectivity index (χ0v) is 10.0. The monoisotopic (exact) mass is 239 g/mol. The van der Waals surface area contributed by atoms with Crippen LogP contribution in [-0.4, -0.2) is 32.8 Å². The van der Waals surface area contributed by atoms with Crippen molar-refractivity contribution in [3.8, 4) is 5.75 Å². The van der Waals surface area contributed by atoms with Crippen LogP contribution in [-0.2, 0) is 20.9 Å². The smallest absolute Gasteiger partial charge is 0.326 e. The van der Waals surface area contributed by atoms with Gasteiger partial charge in [0.05, 0.1) is 13.7 Å². The number of carbonyl (C=O) groups excluding carboxylic acids is 1. The summed E-state index contributed by atoms with van der Waals surface area (Å²) < 4.78 is 14.9. The fourth-order valence-corrected chi connectivity index (χ4v) is 1.30. The Balaban J connectivity index is 2.51. The van der Waals surface area contributed by atoms with Crippen LogP contribution in [0.15, 0.2) is 24.3 Å². The highest BCUT2D eigenvalue weighted by Crippen LogP contribution is 2.14. The molecule has 0 radical (unpaired) electrons. The van der Waals surface area contributed by atoms with Gasteiger partial charge >= 0.3 is 5.97 Å². The minimum atomic E-state index is -0.772. The van der Waals surface area contributed by atoms with Gasteiger partial charge in [-0.05, 0) is 17.7 Å². The van der Waals surface area contributed by atoms with Gasteiger partial charge in [0, 0.05) is 7.11 Å². The molecule has 1 unspecified atom stereocenters. The van der Waals surface area contributed by atoms with E-state index in [-0.39, 0.29) is 6.61 Å². The van der Waals surface area contributed by atoms with Crippen molar-refractivity contribution in [1.29, 1.82) is 0 Å². The maximum absolute atomic E-state index is 11.1. The summed E-state index contributed by atoms with van der Waals surface area (Å²) in [7, 11) is 2.92. The fourth-order valence-electron chi connectivity index (χ4n) is 1.30. The Kier molecular flexibility index (Phi) is 5.45. The molecule has 0 aliphatic rings. The summed E-state index contributed by atoms with van der Waals surface area (Å²) in [5, 5.41) is 0. The van der Waals surface area contributed by atoms with E-state index in [9.17, 15) is 4.79 Å². The first-order chi connectivity index (χ1) is 8.17. The maximum Gasteiger partial charge on any atom is 0.326 e. The molecule has 1 aromatic carbocycles. The molecule has 0 heterocycles. The molecule has 5 heteroatoms. The predicted molar refractivity (Wildman–Crippen MR) is 62.6 cm³/mol. The molecular formula is C12H17NO4. The number of ether oxygens (including phenoxy) is 3. The van der Waals surface area contributed by atoms with Gasteiger partial charge in [-0.1, -0.05) is 12.1 Å². The van der Waals surface area contributed by atoms with Crippen molar-refractivity contribution in [1.82, 2.24) is 0 Å². The first-order valence-electron chi connectivity index (χ1n) is 5.21. The van der Waals surface area contributed by atoms with Crippen molar-refractivity contribution in [2.45, 2.75) is 12.6 Å². The number of hydrogen-bond donors (Lipinski definition) is 1. The molecule has 17 heavy (non-hydrogen) atoms. The minimum Gasteiger partial charge on any atom is -0.491 e. The van der Waals surface area contributed by atoms with E-state index in [0.717, 1.165) is 5.56 Å². The standard InChI is InChI=1S/C12H17NO4/c1-15-7-9-4-3-5-10(6-9)17-8-11(13)12(14)16-2/h3-6,11H,7-8,13H2,1-2H3. The van der Waals surface area contributed by atoms with Crippen LogP contribution in [0.25, 0.3) is 0 Å². The van der Waals surface area contributed by atoms with Crippen LogP contribution in [0, 0.1) is 0 Å². The molecule has 1 atom stereocenters. The molecule has 0 aliphatic heterocycles. The molecule has 0 saturated heterocycles. The van der Waals surface area contributed by atoms with E-state index in [2.05, 4.69) is 4.74 Å². The van der Waals surface area contributed by atoms with Gasteiger partial charge in [-0.15, -0.1) is 0 Å². The number of nitrogens with two attached hydrogens (primary N) is 1. The first kappa shape index (κ1) is 13.5. The van der Waals surface area contributed by atoms with Gasteiger partial charge < -0.3 is 19.9 Å². The second kappa shape index (κ2) is 6.88. The molecule has 0 bridgehead atoms. The Bertz CT molecular complexity index is 367. The summed E-state index contributed by atoms with van der Waals surface area (Å²) in [5.41, 5.74) is 6.54. The van der Waals surface area contributed by atoms with Gasteiger partial charge in [-0.3, -0.25) is 4.79 Å². The lowest BCUT2D eigenvalue weighted by Gasteiger charge is -2.11. The lowest BCUT2D eigenvalue weighted by atomic mass is 10.2. The second-order valence-electron chi connectivity index (χ2n) is 3.52. The molecule has 5 nitrogen and oxygen atoms in total. The summed E-state index contributed by atoms with van der Waals surface area (Å²) in [4.78, 5) is 11.1. The van der Waals surface area contributed by atoms with Crippen molar-refractivity contribution in [2.24, 2.45) is 5.73 Å². The van der Waals surface area contributed by atoms with Crippen molar-refractivity contribution in [3.63, 3.8) is 0 Å². The summed E-state index contributed by atoms with van der Waals surface area (Å²) in [6, 6.07) is 6.65. The van der Waals surface area contributed by atoms with E-state index in [4.69, 9.17) is 15.2 Å². The average Bonchev–Trinajstić information content (AvgIpc) is 2.36. The molecule has 2 N–H and O–H groups in total. The Morgan fingerprint density at radius 2 is 2.18 bits per heavy atom. The van der Waals surface area contributed by atoms with Crippen LogP contribution in [0.4, 0.5) is 0 Å². The quantitative estimate of drug-likeness (QED) is 0.740. The van der Waals surface area contributed by atoms with E-state index in [0.29, 0.717) is 12.4 Å². The number of methoxy groups -OCH3 is 2. The van der Waals surface area contributed by atoms with Crippen LogP contribution in [0.1, 0.15) is 5.56 Å². The average molecular weight is 239 g/mol. The zero-order chi connectivity index (χ0) is 12.7. The number of rotatable bonds is 6. The van der Waals surface area contributed by atoms with E-state index in [1.807, 2.05) is 18.2 Å². The van der Waals surface area contributed by atoms with Gasteiger partial charge in [0.1, 0.15) is 18.4 Å². The third kappa shape index (κ3) is 4.42. The largest absolute Gasteiger partial charge is 0.491 e. The Morgan fingerprint density at radius 1 is 1.41 bits per heavy atom.